The van der Waals surface area contributed by atoms with Crippen molar-refractivity contribution in [1.82, 2.24) is 9.55 Å². The molecule has 0 unspecified atom stereocenters. The van der Waals surface area contributed by atoms with Gasteiger partial charge in [0.25, 0.3) is 0 Å². The second kappa shape index (κ2) is 4.62. The van der Waals surface area contributed by atoms with Gasteiger partial charge in [0.05, 0.1) is 25.7 Å². The molecule has 0 radical (unpaired) electrons. The van der Waals surface area contributed by atoms with Gasteiger partial charge in [-0.25, -0.2) is 4.98 Å². The molecular weight excluding hydrogens is 264 g/mol. The standard InChI is InChI=1S/C13H12N2O3S/c1-17-10-4-3-8(5-11(10)18-2)9-6-15-12(16)7-19-13(15)14-9/h3-6H,7H2,1-2H3. The third-order valence-corrected chi connectivity index (χ3v) is 3.88. The number of nitrogens with zero attached hydrogens (tertiary/aromatic N) is 2. The number of carbonyl (C=O) groups excluding carboxylic acids is 1. The SMILES string of the molecule is COc1ccc(-c2cn3c(n2)SCC3=O)cc1OC. The minimum absolute atomic E-state index is 0.0687. The summed E-state index contributed by atoms with van der Waals surface area (Å²) in [7, 11) is 3.19. The zero-order valence-electron chi connectivity index (χ0n) is 10.5. The van der Waals surface area contributed by atoms with E-state index >= 15 is 0 Å². The van der Waals surface area contributed by atoms with Crippen molar-refractivity contribution >= 4 is 17.7 Å². The van der Waals surface area contributed by atoms with Crippen molar-refractivity contribution in [2.24, 2.45) is 0 Å². The monoisotopic (exact) mass is 276 g/mol. The summed E-state index contributed by atoms with van der Waals surface area (Å²) in [4.78, 5) is 16.0. The molecule has 0 saturated heterocycles. The number of ether oxygens (including phenoxy) is 2. The lowest BCUT2D eigenvalue weighted by Gasteiger charge is -2.08. The van der Waals surface area contributed by atoms with Gasteiger partial charge in [-0.2, -0.15) is 0 Å². The molecule has 1 aromatic heterocycles. The predicted octanol–water partition coefficient (Wildman–Crippen LogP) is 2.31. The highest BCUT2D eigenvalue weighted by molar-refractivity contribution is 8.00. The predicted molar refractivity (Wildman–Crippen MR) is 72.1 cm³/mol. The van der Waals surface area contributed by atoms with Gasteiger partial charge < -0.3 is 9.47 Å². The molecule has 6 heteroatoms. The van der Waals surface area contributed by atoms with Crippen LogP contribution in [0.5, 0.6) is 11.5 Å². The number of hydrogen-bond acceptors (Lipinski definition) is 5. The van der Waals surface area contributed by atoms with Gasteiger partial charge in [-0.15, -0.1) is 0 Å². The van der Waals surface area contributed by atoms with Crippen molar-refractivity contribution in [3.8, 4) is 22.8 Å². The number of imidazole rings is 1. The van der Waals surface area contributed by atoms with E-state index in [2.05, 4.69) is 4.98 Å². The summed E-state index contributed by atoms with van der Waals surface area (Å²) in [5.74, 6) is 1.85. The maximum atomic E-state index is 11.6. The molecule has 0 N–H and O–H groups in total. The second-order valence-electron chi connectivity index (χ2n) is 4.03. The molecule has 19 heavy (non-hydrogen) atoms. The first-order chi connectivity index (χ1) is 9.22. The summed E-state index contributed by atoms with van der Waals surface area (Å²) in [6, 6.07) is 5.58. The van der Waals surface area contributed by atoms with Crippen molar-refractivity contribution in [1.29, 1.82) is 0 Å². The summed E-state index contributed by atoms with van der Waals surface area (Å²) in [5.41, 5.74) is 1.66. The van der Waals surface area contributed by atoms with E-state index < -0.39 is 0 Å². The fourth-order valence-electron chi connectivity index (χ4n) is 1.97. The van der Waals surface area contributed by atoms with Gasteiger partial charge in [0.2, 0.25) is 5.91 Å². The normalized spacial score (nSPS) is 13.5. The van der Waals surface area contributed by atoms with Gasteiger partial charge >= 0.3 is 0 Å². The van der Waals surface area contributed by atoms with Gasteiger partial charge in [0.1, 0.15) is 0 Å². The Balaban J connectivity index is 2.03. The molecule has 0 fully saturated rings. The van der Waals surface area contributed by atoms with Crippen molar-refractivity contribution < 1.29 is 14.3 Å². The van der Waals surface area contributed by atoms with Crippen LogP contribution in [0.3, 0.4) is 0 Å². The van der Waals surface area contributed by atoms with Gasteiger partial charge in [0.15, 0.2) is 16.7 Å². The van der Waals surface area contributed by atoms with Crippen LogP contribution in [0.4, 0.5) is 0 Å². The Hall–Kier alpha value is -1.95. The number of fused-ring (bicyclic) bond motifs is 1. The lowest BCUT2D eigenvalue weighted by atomic mass is 10.1. The number of carbonyl (C=O) groups is 1. The Morgan fingerprint density at radius 3 is 2.74 bits per heavy atom. The topological polar surface area (TPSA) is 53.4 Å². The van der Waals surface area contributed by atoms with Crippen LogP contribution in [0.25, 0.3) is 11.3 Å². The van der Waals surface area contributed by atoms with Crippen LogP contribution in [0.2, 0.25) is 0 Å². The Kier molecular flexibility index (Phi) is 2.94. The van der Waals surface area contributed by atoms with Gasteiger partial charge in [0, 0.05) is 11.8 Å². The first kappa shape index (κ1) is 12.1. The number of benzene rings is 1. The molecule has 0 aliphatic carbocycles. The fourth-order valence-corrected chi connectivity index (χ4v) is 2.82. The lowest BCUT2D eigenvalue weighted by Crippen LogP contribution is -2.04. The molecule has 1 aliphatic heterocycles. The van der Waals surface area contributed by atoms with Crippen LogP contribution in [0.1, 0.15) is 4.79 Å². The van der Waals surface area contributed by atoms with Crippen LogP contribution in [0.15, 0.2) is 29.6 Å². The van der Waals surface area contributed by atoms with E-state index in [-0.39, 0.29) is 5.91 Å². The lowest BCUT2D eigenvalue weighted by molar-refractivity contribution is 0.0939. The Bertz CT molecular complexity index is 651. The van der Waals surface area contributed by atoms with Crippen LogP contribution >= 0.6 is 11.8 Å². The van der Waals surface area contributed by atoms with E-state index in [0.29, 0.717) is 17.3 Å². The highest BCUT2D eigenvalue weighted by Gasteiger charge is 2.22. The van der Waals surface area contributed by atoms with Crippen LogP contribution in [-0.2, 0) is 0 Å². The Morgan fingerprint density at radius 2 is 2.05 bits per heavy atom. The number of rotatable bonds is 3. The first-order valence-corrected chi connectivity index (χ1v) is 6.69. The van der Waals surface area contributed by atoms with E-state index in [1.165, 1.54) is 11.8 Å². The summed E-state index contributed by atoms with van der Waals surface area (Å²) in [6.45, 7) is 0. The molecule has 2 heterocycles. The minimum Gasteiger partial charge on any atom is -0.493 e. The van der Waals surface area contributed by atoms with Crippen molar-refractivity contribution in [2.45, 2.75) is 5.16 Å². The van der Waals surface area contributed by atoms with Gasteiger partial charge in [-0.05, 0) is 18.2 Å². The molecule has 98 valence electrons. The molecule has 3 rings (SSSR count). The summed E-state index contributed by atoms with van der Waals surface area (Å²) >= 11 is 1.46. The van der Waals surface area contributed by atoms with Crippen LogP contribution < -0.4 is 9.47 Å². The van der Waals surface area contributed by atoms with E-state index in [1.54, 1.807) is 25.0 Å². The molecule has 0 atom stereocenters. The smallest absolute Gasteiger partial charge is 0.243 e. The van der Waals surface area contributed by atoms with Gasteiger partial charge in [-0.1, -0.05) is 11.8 Å². The van der Waals surface area contributed by atoms with E-state index in [0.717, 1.165) is 16.4 Å². The maximum Gasteiger partial charge on any atom is 0.243 e. The zero-order valence-corrected chi connectivity index (χ0v) is 11.4. The van der Waals surface area contributed by atoms with E-state index in [9.17, 15) is 4.79 Å². The largest absolute Gasteiger partial charge is 0.493 e. The molecule has 0 bridgehead atoms. The maximum absolute atomic E-state index is 11.6. The first-order valence-electron chi connectivity index (χ1n) is 5.70. The van der Waals surface area contributed by atoms with Crippen LogP contribution in [-0.4, -0.2) is 35.4 Å². The molecule has 1 aromatic carbocycles. The highest BCUT2D eigenvalue weighted by Crippen LogP contribution is 2.34. The molecule has 0 spiro atoms. The number of hydrogen-bond donors (Lipinski definition) is 0. The zero-order chi connectivity index (χ0) is 13.4. The van der Waals surface area contributed by atoms with Crippen molar-refractivity contribution in [2.75, 3.05) is 20.0 Å². The number of aromatic nitrogens is 2. The molecule has 0 saturated carbocycles. The highest BCUT2D eigenvalue weighted by atomic mass is 32.2. The second-order valence-corrected chi connectivity index (χ2v) is 4.97. The van der Waals surface area contributed by atoms with E-state index in [1.807, 2.05) is 18.2 Å². The average Bonchev–Trinajstić information content (AvgIpc) is 3.00. The quantitative estimate of drug-likeness (QED) is 0.861. The molecule has 2 aromatic rings. The van der Waals surface area contributed by atoms with Crippen molar-refractivity contribution in [3.05, 3.63) is 24.4 Å². The third-order valence-electron chi connectivity index (χ3n) is 2.95. The summed E-state index contributed by atoms with van der Waals surface area (Å²) < 4.78 is 12.1. The van der Waals surface area contributed by atoms with Gasteiger partial charge in [-0.3, -0.25) is 9.36 Å². The Morgan fingerprint density at radius 1 is 1.26 bits per heavy atom. The summed E-state index contributed by atoms with van der Waals surface area (Å²) in [5, 5.41) is 0.745. The minimum atomic E-state index is 0.0687. The molecule has 1 aliphatic rings. The van der Waals surface area contributed by atoms with Crippen LogP contribution in [0, 0.1) is 0 Å². The number of methoxy groups -OCH3 is 2. The molecule has 0 amide bonds. The fraction of sp³-hybridized carbons (Fsp3) is 0.231. The molecular formula is C13H12N2O3S. The average molecular weight is 276 g/mol. The third kappa shape index (κ3) is 1.98. The number of thioether (sulfide) groups is 1. The molecule has 5 nitrogen and oxygen atoms in total. The van der Waals surface area contributed by atoms with E-state index in [4.69, 9.17) is 9.47 Å². The Labute approximate surface area is 114 Å². The summed E-state index contributed by atoms with van der Waals surface area (Å²) in [6.07, 6.45) is 1.76. The van der Waals surface area contributed by atoms with Crippen molar-refractivity contribution in [3.63, 3.8) is 0 Å².